The molecule has 0 aliphatic rings. The molecule has 0 bridgehead atoms. The van der Waals surface area contributed by atoms with Gasteiger partial charge < -0.3 is 4.57 Å². The molecule has 0 fully saturated rings. The minimum Gasteiger partial charge on any atom is -0.309 e. The fourth-order valence-electron chi connectivity index (χ4n) is 3.49. The summed E-state index contributed by atoms with van der Waals surface area (Å²) >= 11 is 1.79. The van der Waals surface area contributed by atoms with E-state index in [1.807, 2.05) is 0 Å². The third kappa shape index (κ3) is 2.59. The molecule has 0 aliphatic carbocycles. The van der Waals surface area contributed by atoms with E-state index in [4.69, 9.17) is 0 Å². The highest BCUT2D eigenvalue weighted by atomic mass is 32.2. The Morgan fingerprint density at radius 3 is 1.58 bits per heavy atom. The van der Waals surface area contributed by atoms with Crippen LogP contribution in [0.15, 0.2) is 113 Å². The van der Waals surface area contributed by atoms with E-state index >= 15 is 0 Å². The SMILES string of the molecule is c1ccc(Sc2ccc(-n3c4ccccc4c4ccccc43)cc2)cc1. The summed E-state index contributed by atoms with van der Waals surface area (Å²) in [5.74, 6) is 0. The minimum absolute atomic E-state index is 1.19. The predicted octanol–water partition coefficient (Wildman–Crippen LogP) is 6.93. The van der Waals surface area contributed by atoms with Crippen LogP contribution in [0.1, 0.15) is 0 Å². The normalized spacial score (nSPS) is 11.2. The topological polar surface area (TPSA) is 4.93 Å². The van der Waals surface area contributed by atoms with Crippen LogP contribution in [-0.2, 0) is 0 Å². The lowest BCUT2D eigenvalue weighted by molar-refractivity contribution is 1.17. The van der Waals surface area contributed by atoms with Crippen molar-refractivity contribution in [2.45, 2.75) is 9.79 Å². The van der Waals surface area contributed by atoms with E-state index in [0.29, 0.717) is 0 Å². The molecule has 4 aromatic carbocycles. The lowest BCUT2D eigenvalue weighted by atomic mass is 10.2. The molecule has 26 heavy (non-hydrogen) atoms. The van der Waals surface area contributed by atoms with Crippen LogP contribution in [0.25, 0.3) is 27.5 Å². The maximum Gasteiger partial charge on any atom is 0.0541 e. The van der Waals surface area contributed by atoms with Gasteiger partial charge in [0.25, 0.3) is 0 Å². The van der Waals surface area contributed by atoms with E-state index < -0.39 is 0 Å². The van der Waals surface area contributed by atoms with Crippen molar-refractivity contribution in [3.63, 3.8) is 0 Å². The Morgan fingerprint density at radius 2 is 0.962 bits per heavy atom. The Balaban J connectivity index is 1.61. The monoisotopic (exact) mass is 351 g/mol. The second-order valence-electron chi connectivity index (χ2n) is 6.28. The molecule has 0 atom stereocenters. The zero-order valence-corrected chi connectivity index (χ0v) is 15.0. The Kier molecular flexibility index (Phi) is 3.76. The molecule has 5 aromatic rings. The summed E-state index contributed by atoms with van der Waals surface area (Å²) in [6.07, 6.45) is 0. The Morgan fingerprint density at radius 1 is 0.462 bits per heavy atom. The molecule has 0 aliphatic heterocycles. The molecular weight excluding hydrogens is 334 g/mol. The standard InChI is InChI=1S/C24H17NS/c1-2-8-19(9-3-1)26-20-16-14-18(15-17-20)25-23-12-6-4-10-21(23)22-11-5-7-13-24(22)25/h1-17H. The number of fused-ring (bicyclic) bond motifs is 3. The first-order valence-electron chi connectivity index (χ1n) is 8.72. The lowest BCUT2D eigenvalue weighted by Crippen LogP contribution is -1.93. The van der Waals surface area contributed by atoms with E-state index in [0.717, 1.165) is 0 Å². The molecule has 0 radical (unpaired) electrons. The molecule has 1 heterocycles. The molecular formula is C24H17NS. The van der Waals surface area contributed by atoms with Crippen LogP contribution >= 0.6 is 11.8 Å². The maximum absolute atomic E-state index is 2.35. The molecule has 1 nitrogen and oxygen atoms in total. The van der Waals surface area contributed by atoms with Gasteiger partial charge in [0.15, 0.2) is 0 Å². The highest BCUT2D eigenvalue weighted by molar-refractivity contribution is 7.99. The number of benzene rings is 4. The van der Waals surface area contributed by atoms with Crippen molar-refractivity contribution in [2.24, 2.45) is 0 Å². The van der Waals surface area contributed by atoms with Crippen molar-refractivity contribution in [3.05, 3.63) is 103 Å². The van der Waals surface area contributed by atoms with Gasteiger partial charge in [-0.05, 0) is 48.5 Å². The second-order valence-corrected chi connectivity index (χ2v) is 7.43. The number of para-hydroxylation sites is 2. The number of hydrogen-bond donors (Lipinski definition) is 0. The summed E-state index contributed by atoms with van der Waals surface area (Å²) in [5, 5.41) is 2.59. The van der Waals surface area contributed by atoms with E-state index in [-0.39, 0.29) is 0 Å². The first kappa shape index (κ1) is 15.3. The summed E-state index contributed by atoms with van der Waals surface area (Å²) in [5.41, 5.74) is 3.69. The molecule has 0 saturated carbocycles. The third-order valence-corrected chi connectivity index (χ3v) is 5.67. The molecule has 124 valence electrons. The van der Waals surface area contributed by atoms with Gasteiger partial charge in [0.2, 0.25) is 0 Å². The largest absolute Gasteiger partial charge is 0.309 e. The zero-order valence-electron chi connectivity index (χ0n) is 14.2. The van der Waals surface area contributed by atoms with Gasteiger partial charge in [0.1, 0.15) is 0 Å². The van der Waals surface area contributed by atoms with Crippen molar-refractivity contribution < 1.29 is 0 Å². The van der Waals surface area contributed by atoms with Gasteiger partial charge in [-0.25, -0.2) is 0 Å². The van der Waals surface area contributed by atoms with Crippen LogP contribution in [-0.4, -0.2) is 4.57 Å². The summed E-state index contributed by atoms with van der Waals surface area (Å²) < 4.78 is 2.35. The van der Waals surface area contributed by atoms with Crippen molar-refractivity contribution >= 4 is 33.6 Å². The van der Waals surface area contributed by atoms with E-state index in [1.54, 1.807) is 11.8 Å². The van der Waals surface area contributed by atoms with Crippen LogP contribution in [0.4, 0.5) is 0 Å². The van der Waals surface area contributed by atoms with Crippen LogP contribution in [0.2, 0.25) is 0 Å². The van der Waals surface area contributed by atoms with E-state index in [9.17, 15) is 0 Å². The van der Waals surface area contributed by atoms with Gasteiger partial charge in [-0.15, -0.1) is 0 Å². The van der Waals surface area contributed by atoms with Crippen LogP contribution in [0.5, 0.6) is 0 Å². The van der Waals surface area contributed by atoms with E-state index in [1.165, 1.54) is 37.3 Å². The second kappa shape index (κ2) is 6.40. The molecule has 0 N–H and O–H groups in total. The van der Waals surface area contributed by atoms with Crippen molar-refractivity contribution in [1.82, 2.24) is 4.57 Å². The molecule has 0 saturated heterocycles. The van der Waals surface area contributed by atoms with Gasteiger partial charge in [-0.1, -0.05) is 66.4 Å². The van der Waals surface area contributed by atoms with Crippen molar-refractivity contribution in [1.29, 1.82) is 0 Å². The van der Waals surface area contributed by atoms with Crippen molar-refractivity contribution in [2.75, 3.05) is 0 Å². The highest BCUT2D eigenvalue weighted by Crippen LogP contribution is 2.33. The Labute approximate surface area is 156 Å². The van der Waals surface area contributed by atoms with Crippen LogP contribution in [0, 0.1) is 0 Å². The smallest absolute Gasteiger partial charge is 0.0541 e. The van der Waals surface area contributed by atoms with E-state index in [2.05, 4.69) is 108 Å². The number of rotatable bonds is 3. The Hall–Kier alpha value is -2.97. The number of nitrogens with zero attached hydrogens (tertiary/aromatic N) is 1. The van der Waals surface area contributed by atoms with Gasteiger partial charge in [-0.3, -0.25) is 0 Å². The van der Waals surface area contributed by atoms with Gasteiger partial charge >= 0.3 is 0 Å². The van der Waals surface area contributed by atoms with Crippen molar-refractivity contribution in [3.8, 4) is 5.69 Å². The zero-order chi connectivity index (χ0) is 17.3. The van der Waals surface area contributed by atoms with Gasteiger partial charge in [-0.2, -0.15) is 0 Å². The average molecular weight is 351 g/mol. The van der Waals surface area contributed by atoms with Crippen LogP contribution in [0.3, 0.4) is 0 Å². The summed E-state index contributed by atoms with van der Waals surface area (Å²) in [4.78, 5) is 2.51. The molecule has 2 heteroatoms. The summed E-state index contributed by atoms with van der Waals surface area (Å²) in [6, 6.07) is 36.6. The lowest BCUT2D eigenvalue weighted by Gasteiger charge is -2.09. The molecule has 0 unspecified atom stereocenters. The first-order chi connectivity index (χ1) is 12.9. The minimum atomic E-state index is 1.19. The number of hydrogen-bond acceptors (Lipinski definition) is 1. The third-order valence-electron chi connectivity index (χ3n) is 4.65. The van der Waals surface area contributed by atoms with Crippen LogP contribution < -0.4 is 0 Å². The fourth-order valence-corrected chi connectivity index (χ4v) is 4.33. The summed E-state index contributed by atoms with van der Waals surface area (Å²) in [6.45, 7) is 0. The predicted molar refractivity (Wildman–Crippen MR) is 111 cm³/mol. The van der Waals surface area contributed by atoms with Gasteiger partial charge in [0, 0.05) is 26.3 Å². The summed E-state index contributed by atoms with van der Waals surface area (Å²) in [7, 11) is 0. The molecule has 0 spiro atoms. The molecule has 0 amide bonds. The molecule has 1 aromatic heterocycles. The van der Waals surface area contributed by atoms with Gasteiger partial charge in [0.05, 0.1) is 11.0 Å². The Bertz CT molecular complexity index is 1130. The fraction of sp³-hybridized carbons (Fsp3) is 0. The quantitative estimate of drug-likeness (QED) is 0.341. The first-order valence-corrected chi connectivity index (χ1v) is 9.53. The number of aromatic nitrogens is 1. The highest BCUT2D eigenvalue weighted by Gasteiger charge is 2.11. The maximum atomic E-state index is 2.35. The average Bonchev–Trinajstić information content (AvgIpc) is 3.04. The molecule has 5 rings (SSSR count).